The number of rotatable bonds is 7. The molecule has 1 saturated heterocycles. The maximum atomic E-state index is 12.5. The van der Waals surface area contributed by atoms with Gasteiger partial charge in [0.25, 0.3) is 0 Å². The molecule has 2 fully saturated rings. The Morgan fingerprint density at radius 1 is 1.26 bits per heavy atom. The van der Waals surface area contributed by atoms with Crippen molar-refractivity contribution in [2.45, 2.75) is 63.4 Å². The second-order valence-corrected chi connectivity index (χ2v) is 9.53. The van der Waals surface area contributed by atoms with E-state index in [1.807, 2.05) is 13.8 Å². The molecule has 2 aliphatic rings. The van der Waals surface area contributed by atoms with E-state index in [4.69, 9.17) is 0 Å². The van der Waals surface area contributed by atoms with Crippen molar-refractivity contribution in [2.75, 3.05) is 38.5 Å². The second-order valence-electron chi connectivity index (χ2n) is 7.52. The van der Waals surface area contributed by atoms with Crippen LogP contribution in [-0.4, -0.2) is 71.0 Å². The summed E-state index contributed by atoms with van der Waals surface area (Å²) in [5.74, 6) is 1.58. The zero-order valence-corrected chi connectivity index (χ0v) is 17.2. The van der Waals surface area contributed by atoms with E-state index in [1.165, 1.54) is 4.90 Å². The molecule has 27 heavy (non-hydrogen) atoms. The van der Waals surface area contributed by atoms with Crippen molar-refractivity contribution in [1.29, 1.82) is 0 Å². The van der Waals surface area contributed by atoms with Crippen molar-refractivity contribution in [1.82, 2.24) is 15.5 Å². The molecule has 0 amide bonds. The van der Waals surface area contributed by atoms with Crippen LogP contribution in [0.3, 0.4) is 0 Å². The Labute approximate surface area is 163 Å². The first-order chi connectivity index (χ1) is 12.8. The fourth-order valence-corrected chi connectivity index (χ4v) is 5.29. The maximum absolute atomic E-state index is 12.5. The van der Waals surface area contributed by atoms with E-state index in [-0.39, 0.29) is 17.2 Å². The summed E-state index contributed by atoms with van der Waals surface area (Å²) in [5, 5.41) is 6.93. The molecule has 0 aromatic heterocycles. The number of hydrogen-bond acceptors (Lipinski definition) is 3. The summed E-state index contributed by atoms with van der Waals surface area (Å²) in [5.41, 5.74) is 0. The topological polar surface area (TPSA) is 56.7 Å². The maximum Gasteiger partial charge on any atom is 0.401 e. The number of alkyl halides is 3. The third-order valence-corrected chi connectivity index (χ3v) is 6.99. The van der Waals surface area contributed by atoms with Gasteiger partial charge in [0.15, 0.2) is 5.96 Å². The Morgan fingerprint density at radius 3 is 2.70 bits per heavy atom. The molecule has 9 heteroatoms. The molecule has 0 aromatic rings. The highest BCUT2D eigenvalue weighted by Crippen LogP contribution is 2.24. The number of nitrogens with zero attached hydrogens (tertiary/aromatic N) is 2. The van der Waals surface area contributed by atoms with Crippen LogP contribution in [0.15, 0.2) is 4.99 Å². The van der Waals surface area contributed by atoms with E-state index in [1.54, 1.807) is 0 Å². The van der Waals surface area contributed by atoms with Crippen LogP contribution in [0.25, 0.3) is 0 Å². The predicted molar refractivity (Wildman–Crippen MR) is 104 cm³/mol. The first-order valence-corrected chi connectivity index (χ1v) is 11.4. The normalized spacial score (nSPS) is 28.9. The molecule has 5 nitrogen and oxygen atoms in total. The van der Waals surface area contributed by atoms with Crippen LogP contribution < -0.4 is 10.6 Å². The SMILES string of the molecule is CCNC(=NCC1CCN(CC(F)(F)F)C1)NC1CCCC(S(=O)CC)C1. The molecule has 1 aliphatic carbocycles. The van der Waals surface area contributed by atoms with E-state index in [9.17, 15) is 17.4 Å². The van der Waals surface area contributed by atoms with Gasteiger partial charge in [-0.25, -0.2) is 0 Å². The number of halogens is 3. The largest absolute Gasteiger partial charge is 0.401 e. The van der Waals surface area contributed by atoms with Gasteiger partial charge in [-0.3, -0.25) is 14.1 Å². The van der Waals surface area contributed by atoms with Crippen LogP contribution in [0, 0.1) is 5.92 Å². The predicted octanol–water partition coefficient (Wildman–Crippen LogP) is 2.51. The lowest BCUT2D eigenvalue weighted by atomic mass is 9.95. The van der Waals surface area contributed by atoms with Gasteiger partial charge < -0.3 is 10.6 Å². The minimum atomic E-state index is -4.13. The van der Waals surface area contributed by atoms with Crippen molar-refractivity contribution >= 4 is 16.8 Å². The van der Waals surface area contributed by atoms with Crippen molar-refractivity contribution < 1.29 is 17.4 Å². The van der Waals surface area contributed by atoms with Gasteiger partial charge in [-0.05, 0) is 45.1 Å². The van der Waals surface area contributed by atoms with Crippen molar-refractivity contribution in [2.24, 2.45) is 10.9 Å². The molecule has 1 saturated carbocycles. The summed E-state index contributed by atoms with van der Waals surface area (Å²) < 4.78 is 49.6. The lowest BCUT2D eigenvalue weighted by molar-refractivity contribution is -0.143. The molecule has 2 N–H and O–H groups in total. The number of guanidine groups is 1. The van der Waals surface area contributed by atoms with Crippen LogP contribution in [-0.2, 0) is 10.8 Å². The fraction of sp³-hybridized carbons (Fsp3) is 0.944. The van der Waals surface area contributed by atoms with Gasteiger partial charge in [0.1, 0.15) is 0 Å². The van der Waals surface area contributed by atoms with Crippen LogP contribution >= 0.6 is 0 Å². The number of aliphatic imine (C=N–C) groups is 1. The van der Waals surface area contributed by atoms with Crippen molar-refractivity contribution in [3.05, 3.63) is 0 Å². The molecular weight excluding hydrogens is 377 g/mol. The third kappa shape index (κ3) is 7.97. The zero-order valence-electron chi connectivity index (χ0n) is 16.4. The Morgan fingerprint density at radius 2 is 2.04 bits per heavy atom. The van der Waals surface area contributed by atoms with Gasteiger partial charge in [-0.1, -0.05) is 13.3 Å². The lowest BCUT2D eigenvalue weighted by Crippen LogP contribution is -2.46. The summed E-state index contributed by atoms with van der Waals surface area (Å²) in [4.78, 5) is 6.09. The summed E-state index contributed by atoms with van der Waals surface area (Å²) in [7, 11) is -0.769. The molecule has 2 rings (SSSR count). The van der Waals surface area contributed by atoms with Crippen LogP contribution in [0.1, 0.15) is 46.0 Å². The Kier molecular flexibility index (Phi) is 8.85. The smallest absolute Gasteiger partial charge is 0.357 e. The lowest BCUT2D eigenvalue weighted by Gasteiger charge is -2.30. The van der Waals surface area contributed by atoms with E-state index >= 15 is 0 Å². The molecule has 4 atom stereocenters. The van der Waals surface area contributed by atoms with E-state index in [0.717, 1.165) is 44.6 Å². The summed E-state index contributed by atoms with van der Waals surface area (Å²) in [6.07, 6.45) is 0.606. The molecule has 1 aliphatic heterocycles. The Bertz CT molecular complexity index is 515. The van der Waals surface area contributed by atoms with Crippen LogP contribution in [0.2, 0.25) is 0 Å². The van der Waals surface area contributed by atoms with Gasteiger partial charge in [-0.15, -0.1) is 0 Å². The van der Waals surface area contributed by atoms with E-state index in [2.05, 4.69) is 15.6 Å². The average molecular weight is 411 g/mol. The number of nitrogens with one attached hydrogen (secondary N) is 2. The minimum Gasteiger partial charge on any atom is -0.357 e. The highest BCUT2D eigenvalue weighted by molar-refractivity contribution is 7.85. The fourth-order valence-electron chi connectivity index (χ4n) is 3.94. The molecule has 4 unspecified atom stereocenters. The van der Waals surface area contributed by atoms with Gasteiger partial charge in [0.2, 0.25) is 0 Å². The summed E-state index contributed by atoms with van der Waals surface area (Å²) in [6.45, 7) is 5.31. The number of hydrogen-bond donors (Lipinski definition) is 2. The van der Waals surface area contributed by atoms with Gasteiger partial charge in [-0.2, -0.15) is 13.2 Å². The highest BCUT2D eigenvalue weighted by Gasteiger charge is 2.34. The first kappa shape index (κ1) is 22.5. The van der Waals surface area contributed by atoms with Crippen LogP contribution in [0.4, 0.5) is 13.2 Å². The molecule has 1 heterocycles. The van der Waals surface area contributed by atoms with Crippen LogP contribution in [0.5, 0.6) is 0 Å². The zero-order chi connectivity index (χ0) is 19.9. The summed E-state index contributed by atoms with van der Waals surface area (Å²) >= 11 is 0. The first-order valence-electron chi connectivity index (χ1n) is 10.0. The van der Waals surface area contributed by atoms with E-state index < -0.39 is 23.5 Å². The average Bonchev–Trinajstić information content (AvgIpc) is 3.05. The third-order valence-electron chi connectivity index (χ3n) is 5.25. The Balaban J connectivity index is 1.84. The molecule has 0 spiro atoms. The Hall–Kier alpha value is -0.830. The van der Waals surface area contributed by atoms with Gasteiger partial charge in [0.05, 0.1) is 6.54 Å². The van der Waals surface area contributed by atoms with Crippen molar-refractivity contribution in [3.8, 4) is 0 Å². The minimum absolute atomic E-state index is 0.162. The molecule has 0 aromatic carbocycles. The van der Waals surface area contributed by atoms with Crippen molar-refractivity contribution in [3.63, 3.8) is 0 Å². The summed E-state index contributed by atoms with van der Waals surface area (Å²) in [6, 6.07) is 0.252. The van der Waals surface area contributed by atoms with Gasteiger partial charge >= 0.3 is 6.18 Å². The monoisotopic (exact) mass is 410 g/mol. The van der Waals surface area contributed by atoms with Gasteiger partial charge in [0, 0.05) is 47.5 Å². The number of likely N-dealkylation sites (tertiary alicyclic amines) is 1. The molecule has 158 valence electrons. The van der Waals surface area contributed by atoms with E-state index in [0.29, 0.717) is 25.4 Å². The molecule has 0 bridgehead atoms. The quantitative estimate of drug-likeness (QED) is 0.500. The molecule has 0 radical (unpaired) electrons. The standard InChI is InChI=1S/C18H33F3N4OS/c1-3-22-17(24-15-6-5-7-16(10-15)27(26)4-2)23-11-14-8-9-25(12-14)13-18(19,20)21/h14-16H,3-13H2,1-2H3,(H2,22,23,24). The highest BCUT2D eigenvalue weighted by atomic mass is 32.2. The second kappa shape index (κ2) is 10.6. The molecular formula is C18H33F3N4OS.